The zero-order valence-electron chi connectivity index (χ0n) is 19.8. The van der Waals surface area contributed by atoms with E-state index in [-0.39, 0.29) is 30.8 Å². The maximum Gasteiger partial charge on any atom is 0.307 e. The van der Waals surface area contributed by atoms with Crippen LogP contribution in [0.25, 0.3) is 22.2 Å². The molecule has 0 fully saturated rings. The SMILES string of the molecule is COC(=O)CCN(CC(C)C)C(=O)c1cc(-c2ccc(OC)c(OC)c2)nc2ccccc12. The van der Waals surface area contributed by atoms with Crippen molar-refractivity contribution < 1.29 is 23.8 Å². The van der Waals surface area contributed by atoms with E-state index in [4.69, 9.17) is 19.2 Å². The number of ether oxygens (including phenoxy) is 3. The Morgan fingerprint density at radius 1 is 0.970 bits per heavy atom. The molecule has 2 aromatic carbocycles. The van der Waals surface area contributed by atoms with Gasteiger partial charge in [0.05, 0.1) is 44.5 Å². The second-order valence-corrected chi connectivity index (χ2v) is 8.11. The maximum absolute atomic E-state index is 13.7. The molecule has 0 aliphatic carbocycles. The summed E-state index contributed by atoms with van der Waals surface area (Å²) in [4.78, 5) is 31.9. The van der Waals surface area contributed by atoms with Gasteiger partial charge in [0.15, 0.2) is 11.5 Å². The van der Waals surface area contributed by atoms with Crippen LogP contribution in [0, 0.1) is 5.92 Å². The van der Waals surface area contributed by atoms with Crippen LogP contribution in [-0.2, 0) is 9.53 Å². The first-order valence-corrected chi connectivity index (χ1v) is 10.9. The Bertz CT molecular complexity index is 1140. The topological polar surface area (TPSA) is 78.0 Å². The molecule has 174 valence electrons. The maximum atomic E-state index is 13.7. The van der Waals surface area contributed by atoms with E-state index in [0.29, 0.717) is 34.8 Å². The van der Waals surface area contributed by atoms with Gasteiger partial charge >= 0.3 is 5.97 Å². The van der Waals surface area contributed by atoms with Gasteiger partial charge in [0, 0.05) is 24.0 Å². The van der Waals surface area contributed by atoms with Crippen LogP contribution >= 0.6 is 0 Å². The molecule has 3 rings (SSSR count). The number of hydrogen-bond donors (Lipinski definition) is 0. The van der Waals surface area contributed by atoms with Crippen molar-refractivity contribution in [3.8, 4) is 22.8 Å². The van der Waals surface area contributed by atoms with Crippen molar-refractivity contribution in [1.29, 1.82) is 0 Å². The van der Waals surface area contributed by atoms with Crippen molar-refractivity contribution in [2.45, 2.75) is 20.3 Å². The average molecular weight is 451 g/mol. The summed E-state index contributed by atoms with van der Waals surface area (Å²) >= 11 is 0. The average Bonchev–Trinajstić information content (AvgIpc) is 2.84. The first-order chi connectivity index (χ1) is 15.9. The molecule has 3 aromatic rings. The molecule has 0 spiro atoms. The summed E-state index contributed by atoms with van der Waals surface area (Å²) in [7, 11) is 4.51. The van der Waals surface area contributed by atoms with Crippen LogP contribution in [0.5, 0.6) is 11.5 Å². The second-order valence-electron chi connectivity index (χ2n) is 8.11. The van der Waals surface area contributed by atoms with Crippen LogP contribution < -0.4 is 9.47 Å². The van der Waals surface area contributed by atoms with Gasteiger partial charge in [-0.3, -0.25) is 9.59 Å². The van der Waals surface area contributed by atoms with Gasteiger partial charge in [0.2, 0.25) is 0 Å². The van der Waals surface area contributed by atoms with Crippen molar-refractivity contribution >= 4 is 22.8 Å². The summed E-state index contributed by atoms with van der Waals surface area (Å²) < 4.78 is 15.5. The largest absolute Gasteiger partial charge is 0.493 e. The highest BCUT2D eigenvalue weighted by atomic mass is 16.5. The highest BCUT2D eigenvalue weighted by molar-refractivity contribution is 6.07. The summed E-state index contributed by atoms with van der Waals surface area (Å²) in [5.41, 5.74) is 2.70. The first kappa shape index (κ1) is 24.0. The van der Waals surface area contributed by atoms with E-state index in [1.165, 1.54) is 7.11 Å². The standard InChI is InChI=1S/C26H30N2O5/c1-17(2)16-28(13-12-25(29)33-5)26(30)20-15-22(27-21-9-7-6-8-19(20)21)18-10-11-23(31-3)24(14-18)32-4/h6-11,14-15,17H,12-13,16H2,1-5H3. The lowest BCUT2D eigenvalue weighted by molar-refractivity contribution is -0.140. The van der Waals surface area contributed by atoms with Crippen LogP contribution in [-0.4, -0.2) is 56.2 Å². The predicted molar refractivity (Wildman–Crippen MR) is 128 cm³/mol. The third-order valence-electron chi connectivity index (χ3n) is 5.31. The zero-order valence-corrected chi connectivity index (χ0v) is 19.8. The molecule has 0 aliphatic heterocycles. The number of fused-ring (bicyclic) bond motifs is 1. The second kappa shape index (κ2) is 10.8. The lowest BCUT2D eigenvalue weighted by Gasteiger charge is -2.25. The number of amides is 1. The number of hydrogen-bond acceptors (Lipinski definition) is 6. The summed E-state index contributed by atoms with van der Waals surface area (Å²) in [5, 5.41) is 0.763. The number of pyridine rings is 1. The normalized spacial score (nSPS) is 10.8. The van der Waals surface area contributed by atoms with E-state index in [2.05, 4.69) is 0 Å². The van der Waals surface area contributed by atoms with E-state index >= 15 is 0 Å². The monoisotopic (exact) mass is 450 g/mol. The molecule has 0 aliphatic rings. The fraction of sp³-hybridized carbons (Fsp3) is 0.346. The number of aromatic nitrogens is 1. The predicted octanol–water partition coefficient (Wildman–Crippen LogP) is 4.58. The molecule has 7 heteroatoms. The van der Waals surface area contributed by atoms with Crippen molar-refractivity contribution in [2.24, 2.45) is 5.92 Å². The number of carbonyl (C=O) groups is 2. The number of rotatable bonds is 9. The quantitative estimate of drug-likeness (QED) is 0.444. The van der Waals surface area contributed by atoms with Gasteiger partial charge in [-0.15, -0.1) is 0 Å². The smallest absolute Gasteiger partial charge is 0.307 e. The molecule has 33 heavy (non-hydrogen) atoms. The molecular formula is C26H30N2O5. The number of para-hydroxylation sites is 1. The molecular weight excluding hydrogens is 420 g/mol. The van der Waals surface area contributed by atoms with Gasteiger partial charge in [0.1, 0.15) is 0 Å². The molecule has 0 radical (unpaired) electrons. The molecule has 1 heterocycles. The zero-order chi connectivity index (χ0) is 24.0. The van der Waals surface area contributed by atoms with Crippen LogP contribution in [0.3, 0.4) is 0 Å². The van der Waals surface area contributed by atoms with Gasteiger partial charge in [0.25, 0.3) is 5.91 Å². The minimum Gasteiger partial charge on any atom is -0.493 e. The van der Waals surface area contributed by atoms with Crippen molar-refractivity contribution in [3.63, 3.8) is 0 Å². The fourth-order valence-electron chi connectivity index (χ4n) is 3.71. The molecule has 1 amide bonds. The van der Waals surface area contributed by atoms with Gasteiger partial charge in [-0.1, -0.05) is 32.0 Å². The molecule has 0 saturated heterocycles. The van der Waals surface area contributed by atoms with E-state index in [1.54, 1.807) is 25.2 Å². The third kappa shape index (κ3) is 5.61. The fourth-order valence-corrected chi connectivity index (χ4v) is 3.71. The number of esters is 1. The minimum absolute atomic E-state index is 0.139. The molecule has 7 nitrogen and oxygen atoms in total. The molecule has 0 saturated carbocycles. The van der Waals surface area contributed by atoms with Crippen molar-refractivity contribution in [1.82, 2.24) is 9.88 Å². The van der Waals surface area contributed by atoms with Crippen LogP contribution in [0.15, 0.2) is 48.5 Å². The number of methoxy groups -OCH3 is 3. The Kier molecular flexibility index (Phi) is 7.87. The van der Waals surface area contributed by atoms with E-state index in [9.17, 15) is 9.59 Å². The number of nitrogens with zero attached hydrogens (tertiary/aromatic N) is 2. The summed E-state index contributed by atoms with van der Waals surface area (Å²) in [5.74, 6) is 0.946. The van der Waals surface area contributed by atoms with Gasteiger partial charge < -0.3 is 19.1 Å². The van der Waals surface area contributed by atoms with Crippen molar-refractivity contribution in [3.05, 3.63) is 54.1 Å². The molecule has 0 unspecified atom stereocenters. The Labute approximate surface area is 194 Å². The number of benzene rings is 2. The Balaban J connectivity index is 2.09. The molecule has 0 atom stereocenters. The van der Waals surface area contributed by atoms with Crippen LogP contribution in [0.2, 0.25) is 0 Å². The molecule has 0 bridgehead atoms. The Hall–Kier alpha value is -3.61. The lowest BCUT2D eigenvalue weighted by atomic mass is 10.0. The summed E-state index contributed by atoms with van der Waals surface area (Å²) in [6.45, 7) is 4.89. The summed E-state index contributed by atoms with van der Waals surface area (Å²) in [6, 6.07) is 14.9. The van der Waals surface area contributed by atoms with Crippen LogP contribution in [0.4, 0.5) is 0 Å². The Morgan fingerprint density at radius 3 is 2.36 bits per heavy atom. The molecule has 0 N–H and O–H groups in total. The minimum atomic E-state index is -0.345. The van der Waals surface area contributed by atoms with Gasteiger partial charge in [-0.25, -0.2) is 4.98 Å². The molecule has 1 aromatic heterocycles. The number of carbonyl (C=O) groups excluding carboxylic acids is 2. The van der Waals surface area contributed by atoms with Gasteiger partial charge in [-0.2, -0.15) is 0 Å². The Morgan fingerprint density at radius 2 is 1.70 bits per heavy atom. The third-order valence-corrected chi connectivity index (χ3v) is 5.31. The van der Waals surface area contributed by atoms with Gasteiger partial charge in [-0.05, 0) is 36.2 Å². The lowest BCUT2D eigenvalue weighted by Crippen LogP contribution is -2.36. The van der Waals surface area contributed by atoms with E-state index < -0.39 is 0 Å². The van der Waals surface area contributed by atoms with Crippen LogP contribution in [0.1, 0.15) is 30.6 Å². The van der Waals surface area contributed by atoms with E-state index in [1.807, 2.05) is 56.3 Å². The van der Waals surface area contributed by atoms with E-state index in [0.717, 1.165) is 10.9 Å². The first-order valence-electron chi connectivity index (χ1n) is 10.9. The highest BCUT2D eigenvalue weighted by Gasteiger charge is 2.22. The summed E-state index contributed by atoms with van der Waals surface area (Å²) in [6.07, 6.45) is 0.139. The van der Waals surface area contributed by atoms with Crippen molar-refractivity contribution in [2.75, 3.05) is 34.4 Å². The highest BCUT2D eigenvalue weighted by Crippen LogP contribution is 2.33.